The Morgan fingerprint density at radius 2 is 1.43 bits per heavy atom. The van der Waals surface area contributed by atoms with E-state index in [4.69, 9.17) is 27.5 Å². The van der Waals surface area contributed by atoms with Crippen LogP contribution in [-0.4, -0.2) is 49.1 Å². The molecule has 2 rings (SSSR count). The van der Waals surface area contributed by atoms with Gasteiger partial charge in [-0.3, -0.25) is 0 Å². The van der Waals surface area contributed by atoms with Gasteiger partial charge in [0.2, 0.25) is 0 Å². The highest BCUT2D eigenvalue weighted by Gasteiger charge is 2.39. The van der Waals surface area contributed by atoms with Crippen molar-refractivity contribution in [3.05, 3.63) is 48.5 Å². The molecule has 0 aromatic heterocycles. The van der Waals surface area contributed by atoms with E-state index in [-0.39, 0.29) is 6.79 Å². The van der Waals surface area contributed by atoms with Gasteiger partial charge in [0.25, 0.3) is 0 Å². The van der Waals surface area contributed by atoms with Gasteiger partial charge >= 0.3 is 8.80 Å². The number of ether oxygens (including phenoxy) is 3. The molecule has 0 heterocycles. The van der Waals surface area contributed by atoms with Crippen LogP contribution in [0.25, 0.3) is 11.1 Å². The molecule has 7 heteroatoms. The van der Waals surface area contributed by atoms with Gasteiger partial charge in [-0.2, -0.15) is 0 Å². The van der Waals surface area contributed by atoms with E-state index in [2.05, 4.69) is 12.1 Å². The van der Waals surface area contributed by atoms with Gasteiger partial charge in [0.15, 0.2) is 18.3 Å². The van der Waals surface area contributed by atoms with Crippen LogP contribution in [-0.2, 0) is 18.0 Å². The second-order valence-corrected chi connectivity index (χ2v) is 9.22. The van der Waals surface area contributed by atoms with Crippen LogP contribution in [0.1, 0.15) is 27.2 Å². The Bertz CT molecular complexity index is 708. The van der Waals surface area contributed by atoms with Crippen molar-refractivity contribution in [1.82, 2.24) is 0 Å². The lowest BCUT2D eigenvalue weighted by Gasteiger charge is -2.28. The predicted molar refractivity (Wildman–Crippen MR) is 120 cm³/mol. The second-order valence-electron chi connectivity index (χ2n) is 6.48. The normalized spacial score (nSPS) is 11.5. The minimum atomic E-state index is -2.68. The van der Waals surface area contributed by atoms with Crippen molar-refractivity contribution < 1.29 is 27.5 Å². The van der Waals surface area contributed by atoms with Crippen LogP contribution in [0.5, 0.6) is 11.5 Å². The Hall–Kier alpha value is -1.90. The molecule has 2 aromatic carbocycles. The summed E-state index contributed by atoms with van der Waals surface area (Å²) in [7, 11) is -1.08. The van der Waals surface area contributed by atoms with Crippen LogP contribution in [0, 0.1) is 0 Å². The summed E-state index contributed by atoms with van der Waals surface area (Å²) in [6.45, 7) is 8.25. The van der Waals surface area contributed by atoms with Gasteiger partial charge in [-0.1, -0.05) is 42.5 Å². The van der Waals surface area contributed by atoms with Crippen molar-refractivity contribution in [1.29, 1.82) is 0 Å². The van der Waals surface area contributed by atoms with Crippen molar-refractivity contribution in [2.24, 2.45) is 0 Å². The molecule has 0 saturated carbocycles. The average molecular weight is 435 g/mol. The first-order valence-electron chi connectivity index (χ1n) is 10.5. The van der Waals surface area contributed by atoms with Crippen molar-refractivity contribution in [2.75, 3.05) is 40.3 Å². The van der Waals surface area contributed by atoms with Crippen molar-refractivity contribution in [3.63, 3.8) is 0 Å². The molecule has 0 N–H and O–H groups in total. The standard InChI is InChI=1S/C23H34O6Si/c1-5-27-30(28-6-2,29-7-3)18-12-17-25-23-21(20-13-9-8-10-14-20)15-11-16-22(23)26-19-24-4/h8-11,13-16H,5-7,12,17-19H2,1-4H3. The summed E-state index contributed by atoms with van der Waals surface area (Å²) < 4.78 is 34.8. The molecule has 166 valence electrons. The highest BCUT2D eigenvalue weighted by molar-refractivity contribution is 6.60. The smallest absolute Gasteiger partial charge is 0.489 e. The number of methoxy groups -OCH3 is 1. The molecule has 0 bridgehead atoms. The van der Waals surface area contributed by atoms with Gasteiger partial charge in [0.05, 0.1) is 6.61 Å². The highest BCUT2D eigenvalue weighted by Crippen LogP contribution is 2.38. The summed E-state index contributed by atoms with van der Waals surface area (Å²) in [5, 5.41) is 0. The molecule has 0 radical (unpaired) electrons. The number of rotatable bonds is 15. The third-order valence-electron chi connectivity index (χ3n) is 4.36. The Balaban J connectivity index is 2.14. The molecule has 0 aliphatic carbocycles. The van der Waals surface area contributed by atoms with E-state index in [1.807, 2.05) is 57.2 Å². The highest BCUT2D eigenvalue weighted by atomic mass is 28.4. The van der Waals surface area contributed by atoms with E-state index >= 15 is 0 Å². The molecule has 30 heavy (non-hydrogen) atoms. The number of benzene rings is 2. The lowest BCUT2D eigenvalue weighted by Crippen LogP contribution is -2.46. The molecular weight excluding hydrogens is 400 g/mol. The van der Waals surface area contributed by atoms with Gasteiger partial charge in [-0.05, 0) is 38.8 Å². The van der Waals surface area contributed by atoms with E-state index in [1.165, 1.54) is 0 Å². The summed E-state index contributed by atoms with van der Waals surface area (Å²) in [5.74, 6) is 1.36. The minimum Gasteiger partial charge on any atom is -0.489 e. The lowest BCUT2D eigenvalue weighted by atomic mass is 10.0. The molecule has 0 fully saturated rings. The molecule has 0 atom stereocenters. The number of hydrogen-bond donors (Lipinski definition) is 0. The van der Waals surface area contributed by atoms with Crippen LogP contribution in [0.15, 0.2) is 48.5 Å². The molecule has 0 aliphatic rings. The van der Waals surface area contributed by atoms with Crippen molar-refractivity contribution in [2.45, 2.75) is 33.2 Å². The summed E-state index contributed by atoms with van der Waals surface area (Å²) >= 11 is 0. The van der Waals surface area contributed by atoms with Crippen LogP contribution in [0.3, 0.4) is 0 Å². The van der Waals surface area contributed by atoms with E-state index in [0.717, 1.165) is 17.5 Å². The van der Waals surface area contributed by atoms with Gasteiger partial charge < -0.3 is 27.5 Å². The van der Waals surface area contributed by atoms with Gasteiger partial charge in [0.1, 0.15) is 0 Å². The Morgan fingerprint density at radius 3 is 2.03 bits per heavy atom. The zero-order chi connectivity index (χ0) is 21.7. The summed E-state index contributed by atoms with van der Waals surface area (Å²) in [4.78, 5) is 0. The minimum absolute atomic E-state index is 0.156. The summed E-state index contributed by atoms with van der Waals surface area (Å²) in [5.41, 5.74) is 2.05. The molecule has 2 aromatic rings. The topological polar surface area (TPSA) is 55.4 Å². The Morgan fingerprint density at radius 1 is 0.767 bits per heavy atom. The lowest BCUT2D eigenvalue weighted by molar-refractivity contribution is 0.0485. The van der Waals surface area contributed by atoms with Gasteiger partial charge in [-0.15, -0.1) is 0 Å². The molecular formula is C23H34O6Si. The van der Waals surface area contributed by atoms with Gasteiger partial charge in [-0.25, -0.2) is 0 Å². The number of para-hydroxylation sites is 1. The molecule has 0 saturated heterocycles. The quantitative estimate of drug-likeness (QED) is 0.219. The second kappa shape index (κ2) is 13.4. The summed E-state index contributed by atoms with van der Waals surface area (Å²) in [6.07, 6.45) is 0.749. The van der Waals surface area contributed by atoms with E-state index in [1.54, 1.807) is 7.11 Å². The number of hydrogen-bond acceptors (Lipinski definition) is 6. The zero-order valence-corrected chi connectivity index (χ0v) is 19.5. The predicted octanol–water partition coefficient (Wildman–Crippen LogP) is 5.15. The monoisotopic (exact) mass is 434 g/mol. The fraction of sp³-hybridized carbons (Fsp3) is 0.478. The first-order chi connectivity index (χ1) is 14.7. The zero-order valence-electron chi connectivity index (χ0n) is 18.5. The van der Waals surface area contributed by atoms with Crippen LogP contribution >= 0.6 is 0 Å². The maximum Gasteiger partial charge on any atom is 0.501 e. The van der Waals surface area contributed by atoms with Crippen molar-refractivity contribution in [3.8, 4) is 22.6 Å². The Kier molecular flexibility index (Phi) is 10.9. The van der Waals surface area contributed by atoms with Crippen LogP contribution in [0.2, 0.25) is 6.04 Å². The first-order valence-corrected chi connectivity index (χ1v) is 12.5. The third kappa shape index (κ3) is 7.11. The molecule has 0 unspecified atom stereocenters. The van der Waals surface area contributed by atoms with Crippen LogP contribution in [0.4, 0.5) is 0 Å². The summed E-state index contributed by atoms with van der Waals surface area (Å²) in [6, 6.07) is 16.7. The first kappa shape index (κ1) is 24.4. The Labute approximate surface area is 181 Å². The molecule has 0 spiro atoms. The third-order valence-corrected chi connectivity index (χ3v) is 7.51. The SMILES string of the molecule is CCO[Si](CCCOc1c(OCOC)cccc1-c1ccccc1)(OCC)OCC. The van der Waals surface area contributed by atoms with Crippen LogP contribution < -0.4 is 9.47 Å². The fourth-order valence-corrected chi connectivity index (χ4v) is 5.79. The fourth-order valence-electron chi connectivity index (χ4n) is 3.21. The average Bonchev–Trinajstić information content (AvgIpc) is 2.77. The molecule has 0 aliphatic heterocycles. The molecule has 6 nitrogen and oxygen atoms in total. The van der Waals surface area contributed by atoms with Crippen molar-refractivity contribution >= 4 is 8.80 Å². The maximum absolute atomic E-state index is 6.22. The molecule has 0 amide bonds. The van der Waals surface area contributed by atoms with E-state index < -0.39 is 8.80 Å². The van der Waals surface area contributed by atoms with E-state index in [0.29, 0.717) is 44.0 Å². The maximum atomic E-state index is 6.22. The van der Waals surface area contributed by atoms with Gasteiger partial charge in [0, 0.05) is 38.5 Å². The van der Waals surface area contributed by atoms with E-state index in [9.17, 15) is 0 Å². The largest absolute Gasteiger partial charge is 0.501 e.